The molecule has 6 heteroatoms. The third-order valence-corrected chi connectivity index (χ3v) is 2.88. The van der Waals surface area contributed by atoms with E-state index in [1.807, 2.05) is 0 Å². The van der Waals surface area contributed by atoms with Gasteiger partial charge < -0.3 is 5.73 Å². The van der Waals surface area contributed by atoms with Gasteiger partial charge in [0, 0.05) is 17.6 Å². The van der Waals surface area contributed by atoms with E-state index in [9.17, 15) is 9.59 Å². The molecule has 0 fully saturated rings. The van der Waals surface area contributed by atoms with Gasteiger partial charge in [0.05, 0.1) is 5.69 Å². The molecule has 0 atom stereocenters. The fourth-order valence-corrected chi connectivity index (χ4v) is 1.87. The van der Waals surface area contributed by atoms with Gasteiger partial charge in [0.2, 0.25) is 0 Å². The van der Waals surface area contributed by atoms with E-state index in [1.54, 1.807) is 31.2 Å². The molecule has 94 valence electrons. The van der Waals surface area contributed by atoms with Gasteiger partial charge in [0.1, 0.15) is 5.82 Å². The molecule has 0 aliphatic heterocycles. The van der Waals surface area contributed by atoms with Gasteiger partial charge in [-0.05, 0) is 31.2 Å². The van der Waals surface area contributed by atoms with Crippen LogP contribution in [0.3, 0.4) is 0 Å². The zero-order valence-corrected chi connectivity index (χ0v) is 10.5. The Morgan fingerprint density at radius 1 is 1.22 bits per heavy atom. The Morgan fingerprint density at radius 3 is 2.39 bits per heavy atom. The van der Waals surface area contributed by atoms with E-state index in [1.165, 1.54) is 10.6 Å². The van der Waals surface area contributed by atoms with Crippen LogP contribution < -0.4 is 17.0 Å². The number of aromatic nitrogens is 2. The number of hydrogen-bond donors (Lipinski definition) is 1. The monoisotopic (exact) mass is 265 g/mol. The van der Waals surface area contributed by atoms with Crippen molar-refractivity contribution in [3.63, 3.8) is 0 Å². The Balaban J connectivity index is 2.76. The molecule has 0 bridgehead atoms. The van der Waals surface area contributed by atoms with Gasteiger partial charge in [-0.15, -0.1) is 0 Å². The van der Waals surface area contributed by atoms with Crippen LogP contribution >= 0.6 is 11.6 Å². The van der Waals surface area contributed by atoms with Crippen LogP contribution in [-0.2, 0) is 6.54 Å². The SMILES string of the molecule is CCn1c(N)cc(=O)n(-c2ccc(Cl)cc2)c1=O. The number of halogens is 1. The van der Waals surface area contributed by atoms with Gasteiger partial charge >= 0.3 is 5.69 Å². The van der Waals surface area contributed by atoms with E-state index in [2.05, 4.69) is 0 Å². The Hall–Kier alpha value is -2.01. The third-order valence-electron chi connectivity index (χ3n) is 2.63. The summed E-state index contributed by atoms with van der Waals surface area (Å²) in [5.74, 6) is 0.165. The molecule has 0 amide bonds. The lowest BCUT2D eigenvalue weighted by Crippen LogP contribution is -2.39. The first-order chi connectivity index (χ1) is 8.54. The van der Waals surface area contributed by atoms with Crippen molar-refractivity contribution >= 4 is 17.4 Å². The molecule has 2 aromatic rings. The summed E-state index contributed by atoms with van der Waals surface area (Å²) in [6, 6.07) is 7.70. The average molecular weight is 266 g/mol. The third kappa shape index (κ3) is 2.04. The summed E-state index contributed by atoms with van der Waals surface area (Å²) >= 11 is 5.77. The lowest BCUT2D eigenvalue weighted by atomic mass is 10.3. The summed E-state index contributed by atoms with van der Waals surface area (Å²) in [7, 11) is 0. The molecule has 0 saturated heterocycles. The number of nitrogens with zero attached hydrogens (tertiary/aromatic N) is 2. The summed E-state index contributed by atoms with van der Waals surface area (Å²) in [5.41, 5.74) is 5.19. The fourth-order valence-electron chi connectivity index (χ4n) is 1.74. The summed E-state index contributed by atoms with van der Waals surface area (Å²) < 4.78 is 2.40. The van der Waals surface area contributed by atoms with Crippen LogP contribution in [0.5, 0.6) is 0 Å². The minimum absolute atomic E-state index is 0.165. The van der Waals surface area contributed by atoms with Crippen LogP contribution in [0.1, 0.15) is 6.92 Å². The first-order valence-corrected chi connectivity index (χ1v) is 5.80. The maximum Gasteiger partial charge on any atom is 0.337 e. The van der Waals surface area contributed by atoms with Crippen LogP contribution in [0.4, 0.5) is 5.82 Å². The molecule has 0 radical (unpaired) electrons. The van der Waals surface area contributed by atoms with Crippen molar-refractivity contribution in [3.8, 4) is 5.69 Å². The predicted octanol–water partition coefficient (Wildman–Crippen LogP) is 1.25. The molecule has 2 rings (SSSR count). The summed E-state index contributed by atoms with van der Waals surface area (Å²) in [5, 5.41) is 0.540. The minimum atomic E-state index is -0.454. The standard InChI is InChI=1S/C12H12ClN3O2/c1-2-15-10(14)7-11(17)16(12(15)18)9-5-3-8(13)4-6-9/h3-7H,2,14H2,1H3. The molecule has 1 heterocycles. The number of rotatable bonds is 2. The van der Waals surface area contributed by atoms with Crippen molar-refractivity contribution < 1.29 is 0 Å². The molecular weight excluding hydrogens is 254 g/mol. The van der Waals surface area contributed by atoms with E-state index in [-0.39, 0.29) is 5.82 Å². The lowest BCUT2D eigenvalue weighted by molar-refractivity contribution is 0.671. The maximum atomic E-state index is 12.1. The van der Waals surface area contributed by atoms with Crippen LogP contribution in [0, 0.1) is 0 Å². The van der Waals surface area contributed by atoms with E-state index in [0.29, 0.717) is 17.3 Å². The lowest BCUT2D eigenvalue weighted by Gasteiger charge is -2.10. The summed E-state index contributed by atoms with van der Waals surface area (Å²) in [6.45, 7) is 2.19. The fraction of sp³-hybridized carbons (Fsp3) is 0.167. The second-order valence-electron chi connectivity index (χ2n) is 3.75. The molecule has 0 saturated carbocycles. The first kappa shape index (κ1) is 12.4. The quantitative estimate of drug-likeness (QED) is 0.889. The molecule has 5 nitrogen and oxygen atoms in total. The Morgan fingerprint density at radius 2 is 1.83 bits per heavy atom. The smallest absolute Gasteiger partial charge is 0.337 e. The number of hydrogen-bond acceptors (Lipinski definition) is 3. The van der Waals surface area contributed by atoms with Gasteiger partial charge in [0.25, 0.3) is 5.56 Å². The predicted molar refractivity (Wildman–Crippen MR) is 71.4 cm³/mol. The van der Waals surface area contributed by atoms with E-state index in [4.69, 9.17) is 17.3 Å². The molecule has 0 aliphatic rings. The second kappa shape index (κ2) is 4.70. The largest absolute Gasteiger partial charge is 0.385 e. The van der Waals surface area contributed by atoms with Gasteiger partial charge in [-0.25, -0.2) is 9.36 Å². The van der Waals surface area contributed by atoms with Crippen molar-refractivity contribution in [2.75, 3.05) is 5.73 Å². The normalized spacial score (nSPS) is 10.6. The summed E-state index contributed by atoms with van der Waals surface area (Å²) in [6.07, 6.45) is 0. The van der Waals surface area contributed by atoms with Crippen LogP contribution in [0.15, 0.2) is 39.9 Å². The minimum Gasteiger partial charge on any atom is -0.385 e. The molecule has 0 aliphatic carbocycles. The highest BCUT2D eigenvalue weighted by molar-refractivity contribution is 6.30. The van der Waals surface area contributed by atoms with Crippen molar-refractivity contribution in [2.24, 2.45) is 0 Å². The topological polar surface area (TPSA) is 70.0 Å². The highest BCUT2D eigenvalue weighted by Gasteiger charge is 2.09. The van der Waals surface area contributed by atoms with Crippen molar-refractivity contribution in [2.45, 2.75) is 13.5 Å². The molecule has 2 N–H and O–H groups in total. The molecule has 1 aromatic heterocycles. The molecule has 18 heavy (non-hydrogen) atoms. The molecular formula is C12H12ClN3O2. The number of nitrogen functional groups attached to an aromatic ring is 1. The van der Waals surface area contributed by atoms with E-state index < -0.39 is 11.2 Å². The number of benzene rings is 1. The highest BCUT2D eigenvalue weighted by atomic mass is 35.5. The van der Waals surface area contributed by atoms with Crippen molar-refractivity contribution in [3.05, 3.63) is 56.2 Å². The van der Waals surface area contributed by atoms with Gasteiger partial charge in [-0.2, -0.15) is 0 Å². The van der Waals surface area contributed by atoms with Crippen molar-refractivity contribution in [1.82, 2.24) is 9.13 Å². The van der Waals surface area contributed by atoms with Crippen LogP contribution in [0.2, 0.25) is 5.02 Å². The Kier molecular flexibility index (Phi) is 3.25. The molecule has 0 unspecified atom stereocenters. The summed E-state index contributed by atoms with van der Waals surface area (Å²) in [4.78, 5) is 24.0. The van der Waals surface area contributed by atoms with E-state index >= 15 is 0 Å². The van der Waals surface area contributed by atoms with Crippen LogP contribution in [0.25, 0.3) is 5.69 Å². The zero-order chi connectivity index (χ0) is 13.3. The Bertz CT molecular complexity index is 686. The molecule has 1 aromatic carbocycles. The molecule has 0 spiro atoms. The number of anilines is 1. The maximum absolute atomic E-state index is 12.1. The van der Waals surface area contributed by atoms with Gasteiger partial charge in [-0.3, -0.25) is 9.36 Å². The average Bonchev–Trinajstić information content (AvgIpc) is 2.31. The number of nitrogens with two attached hydrogens (primary N) is 1. The van der Waals surface area contributed by atoms with E-state index in [0.717, 1.165) is 4.57 Å². The second-order valence-corrected chi connectivity index (χ2v) is 4.18. The van der Waals surface area contributed by atoms with Gasteiger partial charge in [-0.1, -0.05) is 11.6 Å². The van der Waals surface area contributed by atoms with Crippen molar-refractivity contribution in [1.29, 1.82) is 0 Å². The van der Waals surface area contributed by atoms with Crippen LogP contribution in [-0.4, -0.2) is 9.13 Å². The zero-order valence-electron chi connectivity index (χ0n) is 9.76. The highest BCUT2D eigenvalue weighted by Crippen LogP contribution is 2.11. The Labute approximate surface area is 108 Å². The van der Waals surface area contributed by atoms with Gasteiger partial charge in [0.15, 0.2) is 0 Å². The first-order valence-electron chi connectivity index (χ1n) is 5.43.